The van der Waals surface area contributed by atoms with Gasteiger partial charge in [-0.1, -0.05) is 12.1 Å². The van der Waals surface area contributed by atoms with E-state index in [0.717, 1.165) is 10.5 Å². The van der Waals surface area contributed by atoms with Crippen LogP contribution in [0.3, 0.4) is 0 Å². The molecule has 0 radical (unpaired) electrons. The van der Waals surface area contributed by atoms with Gasteiger partial charge in [0.25, 0.3) is 5.91 Å². The van der Waals surface area contributed by atoms with Gasteiger partial charge in [-0.3, -0.25) is 14.5 Å². The first-order valence-corrected chi connectivity index (χ1v) is 5.89. The molecule has 6 heteroatoms. The van der Waals surface area contributed by atoms with Gasteiger partial charge in [0.2, 0.25) is 5.91 Å². The SMILES string of the molecule is Cc1cccc(NC(=O)CN2C(=O)CN(C)C2=O)c1. The Balaban J connectivity index is 1.98. The van der Waals surface area contributed by atoms with Gasteiger partial charge in [0.1, 0.15) is 13.1 Å². The Morgan fingerprint density at radius 1 is 1.37 bits per heavy atom. The molecule has 2 rings (SSSR count). The summed E-state index contributed by atoms with van der Waals surface area (Å²) >= 11 is 0. The van der Waals surface area contributed by atoms with Gasteiger partial charge in [-0.25, -0.2) is 4.79 Å². The minimum Gasteiger partial charge on any atom is -0.325 e. The zero-order valence-corrected chi connectivity index (χ0v) is 10.8. The Hall–Kier alpha value is -2.37. The second-order valence-electron chi connectivity index (χ2n) is 4.54. The molecular weight excluding hydrogens is 246 g/mol. The van der Waals surface area contributed by atoms with E-state index in [1.807, 2.05) is 25.1 Å². The third kappa shape index (κ3) is 2.90. The number of hydrogen-bond acceptors (Lipinski definition) is 3. The number of likely N-dealkylation sites (N-methyl/N-ethyl adjacent to an activating group) is 1. The summed E-state index contributed by atoms with van der Waals surface area (Å²) in [6.07, 6.45) is 0. The summed E-state index contributed by atoms with van der Waals surface area (Å²) in [5, 5.41) is 2.66. The van der Waals surface area contributed by atoms with Crippen LogP contribution in [-0.4, -0.2) is 47.8 Å². The van der Waals surface area contributed by atoms with E-state index in [4.69, 9.17) is 0 Å². The Kier molecular flexibility index (Phi) is 3.50. The molecule has 1 aliphatic heterocycles. The van der Waals surface area contributed by atoms with E-state index in [0.29, 0.717) is 5.69 Å². The van der Waals surface area contributed by atoms with Crippen molar-refractivity contribution < 1.29 is 14.4 Å². The summed E-state index contributed by atoms with van der Waals surface area (Å²) in [7, 11) is 1.53. The molecular formula is C13H15N3O3. The van der Waals surface area contributed by atoms with Crippen molar-refractivity contribution in [2.75, 3.05) is 25.5 Å². The number of anilines is 1. The Morgan fingerprint density at radius 2 is 2.11 bits per heavy atom. The highest BCUT2D eigenvalue weighted by atomic mass is 16.2. The number of hydrogen-bond donors (Lipinski definition) is 1. The fourth-order valence-corrected chi connectivity index (χ4v) is 1.89. The molecule has 4 amide bonds. The lowest BCUT2D eigenvalue weighted by atomic mass is 10.2. The van der Waals surface area contributed by atoms with Gasteiger partial charge < -0.3 is 10.2 Å². The van der Waals surface area contributed by atoms with Crippen LogP contribution in [0.4, 0.5) is 10.5 Å². The highest BCUT2D eigenvalue weighted by molar-refractivity contribution is 6.06. The number of benzene rings is 1. The van der Waals surface area contributed by atoms with Gasteiger partial charge in [0.05, 0.1) is 0 Å². The van der Waals surface area contributed by atoms with Crippen molar-refractivity contribution in [3.05, 3.63) is 29.8 Å². The van der Waals surface area contributed by atoms with Crippen molar-refractivity contribution in [1.82, 2.24) is 9.80 Å². The van der Waals surface area contributed by atoms with Gasteiger partial charge in [-0.2, -0.15) is 0 Å². The maximum atomic E-state index is 11.8. The zero-order chi connectivity index (χ0) is 14.0. The first-order valence-electron chi connectivity index (χ1n) is 5.89. The summed E-state index contributed by atoms with van der Waals surface area (Å²) in [5.74, 6) is -0.741. The van der Waals surface area contributed by atoms with Crippen LogP contribution in [0.25, 0.3) is 0 Å². The number of amides is 4. The number of rotatable bonds is 3. The highest BCUT2D eigenvalue weighted by Gasteiger charge is 2.34. The largest absolute Gasteiger partial charge is 0.327 e. The van der Waals surface area contributed by atoms with Crippen molar-refractivity contribution in [2.24, 2.45) is 0 Å². The van der Waals surface area contributed by atoms with E-state index >= 15 is 0 Å². The average Bonchev–Trinajstić information content (AvgIpc) is 2.56. The molecule has 0 aliphatic carbocycles. The predicted molar refractivity (Wildman–Crippen MR) is 69.5 cm³/mol. The number of urea groups is 1. The van der Waals surface area contributed by atoms with E-state index in [1.54, 1.807) is 6.07 Å². The van der Waals surface area contributed by atoms with E-state index in [-0.39, 0.29) is 24.9 Å². The maximum absolute atomic E-state index is 11.8. The number of aryl methyl sites for hydroxylation is 1. The van der Waals surface area contributed by atoms with Crippen LogP contribution in [0.15, 0.2) is 24.3 Å². The molecule has 1 aromatic carbocycles. The van der Waals surface area contributed by atoms with E-state index in [2.05, 4.69) is 5.32 Å². The van der Waals surface area contributed by atoms with Crippen LogP contribution in [-0.2, 0) is 9.59 Å². The minimum absolute atomic E-state index is 0.0244. The lowest BCUT2D eigenvalue weighted by Crippen LogP contribution is -2.38. The molecule has 6 nitrogen and oxygen atoms in total. The first kappa shape index (κ1) is 13.1. The fraction of sp³-hybridized carbons (Fsp3) is 0.308. The van der Waals surface area contributed by atoms with Crippen LogP contribution in [0.1, 0.15) is 5.56 Å². The highest BCUT2D eigenvalue weighted by Crippen LogP contribution is 2.11. The van der Waals surface area contributed by atoms with Crippen LogP contribution in [0, 0.1) is 6.92 Å². The smallest absolute Gasteiger partial charge is 0.325 e. The quantitative estimate of drug-likeness (QED) is 0.819. The predicted octanol–water partition coefficient (Wildman–Crippen LogP) is 0.828. The van der Waals surface area contributed by atoms with Gasteiger partial charge in [-0.15, -0.1) is 0 Å². The molecule has 0 atom stereocenters. The van der Waals surface area contributed by atoms with Gasteiger partial charge in [0.15, 0.2) is 0 Å². The standard InChI is InChI=1S/C13H15N3O3/c1-9-4-3-5-10(6-9)14-11(17)7-16-12(18)8-15(2)13(16)19/h3-6H,7-8H2,1-2H3,(H,14,17). The summed E-state index contributed by atoms with van der Waals surface area (Å²) in [5.41, 5.74) is 1.67. The molecule has 0 bridgehead atoms. The summed E-state index contributed by atoms with van der Waals surface area (Å²) < 4.78 is 0. The van der Waals surface area contributed by atoms with E-state index in [9.17, 15) is 14.4 Å². The van der Waals surface area contributed by atoms with Gasteiger partial charge in [-0.05, 0) is 24.6 Å². The van der Waals surface area contributed by atoms with E-state index in [1.165, 1.54) is 11.9 Å². The monoisotopic (exact) mass is 261 g/mol. The van der Waals surface area contributed by atoms with Crippen LogP contribution in [0.5, 0.6) is 0 Å². The molecule has 0 spiro atoms. The normalized spacial score (nSPS) is 15.1. The molecule has 1 aliphatic rings. The van der Waals surface area contributed by atoms with Crippen molar-refractivity contribution in [3.63, 3.8) is 0 Å². The van der Waals surface area contributed by atoms with Gasteiger partial charge in [0, 0.05) is 12.7 Å². The number of carbonyl (C=O) groups excluding carboxylic acids is 3. The molecule has 1 N–H and O–H groups in total. The minimum atomic E-state index is -0.440. The average molecular weight is 261 g/mol. The second kappa shape index (κ2) is 5.09. The van der Waals surface area contributed by atoms with Crippen LogP contribution < -0.4 is 5.32 Å². The van der Waals surface area contributed by atoms with Crippen molar-refractivity contribution in [3.8, 4) is 0 Å². The lowest BCUT2D eigenvalue weighted by Gasteiger charge is -2.14. The van der Waals surface area contributed by atoms with Crippen molar-refractivity contribution >= 4 is 23.5 Å². The molecule has 1 fully saturated rings. The summed E-state index contributed by atoms with van der Waals surface area (Å²) in [6, 6.07) is 6.87. The van der Waals surface area contributed by atoms with E-state index < -0.39 is 6.03 Å². The summed E-state index contributed by atoms with van der Waals surface area (Å²) in [4.78, 5) is 37.2. The molecule has 1 heterocycles. The number of carbonyl (C=O) groups is 3. The molecule has 19 heavy (non-hydrogen) atoms. The van der Waals surface area contributed by atoms with Crippen LogP contribution in [0.2, 0.25) is 0 Å². The van der Waals surface area contributed by atoms with Gasteiger partial charge >= 0.3 is 6.03 Å². The number of nitrogens with zero attached hydrogens (tertiary/aromatic N) is 2. The van der Waals surface area contributed by atoms with Crippen LogP contribution >= 0.6 is 0 Å². The zero-order valence-electron chi connectivity index (χ0n) is 10.8. The molecule has 1 saturated heterocycles. The third-order valence-corrected chi connectivity index (χ3v) is 2.83. The molecule has 0 saturated carbocycles. The topological polar surface area (TPSA) is 69.7 Å². The summed E-state index contributed by atoms with van der Waals surface area (Å²) in [6.45, 7) is 1.69. The molecule has 1 aromatic rings. The third-order valence-electron chi connectivity index (χ3n) is 2.83. The Labute approximate surface area is 111 Å². The Bertz CT molecular complexity index is 542. The lowest BCUT2D eigenvalue weighted by molar-refractivity contribution is -0.129. The molecule has 0 aromatic heterocycles. The van der Waals surface area contributed by atoms with Crippen molar-refractivity contribution in [2.45, 2.75) is 6.92 Å². The fourth-order valence-electron chi connectivity index (χ4n) is 1.89. The molecule has 100 valence electrons. The number of imide groups is 1. The maximum Gasteiger partial charge on any atom is 0.327 e. The second-order valence-corrected chi connectivity index (χ2v) is 4.54. The molecule has 0 unspecified atom stereocenters. The number of nitrogens with one attached hydrogen (secondary N) is 1. The van der Waals surface area contributed by atoms with Crippen molar-refractivity contribution in [1.29, 1.82) is 0 Å². The Morgan fingerprint density at radius 3 is 2.68 bits per heavy atom. The first-order chi connectivity index (χ1) is 8.97.